The summed E-state index contributed by atoms with van der Waals surface area (Å²) in [6.07, 6.45) is 3.22. The fourth-order valence-electron chi connectivity index (χ4n) is 2.10. The molecule has 0 spiro atoms. The second-order valence-corrected chi connectivity index (χ2v) is 5.61. The van der Waals surface area contributed by atoms with Crippen LogP contribution in [0.2, 0.25) is 0 Å². The minimum Gasteiger partial charge on any atom is -0.384 e. The van der Waals surface area contributed by atoms with Crippen LogP contribution in [0.25, 0.3) is 0 Å². The quantitative estimate of drug-likeness (QED) is 0.821. The lowest BCUT2D eigenvalue weighted by atomic mass is 10.1. The standard InChI is InChI=1S/C13H22N4/c1-4-5-11-16-10(14)6-12(17-11)15-8-9-7-13(9,2)3/h6,9H,4-5,7-8H2,1-3H3,(H3,14,15,16,17). The topological polar surface area (TPSA) is 63.8 Å². The fraction of sp³-hybridized carbons (Fsp3) is 0.692. The lowest BCUT2D eigenvalue weighted by Gasteiger charge is -2.09. The number of nitrogens with one attached hydrogen (secondary N) is 1. The Labute approximate surface area is 103 Å². The SMILES string of the molecule is CCCc1nc(N)cc(NCC2CC2(C)C)n1. The molecule has 1 heterocycles. The number of hydrogen-bond donors (Lipinski definition) is 2. The number of rotatable bonds is 5. The summed E-state index contributed by atoms with van der Waals surface area (Å²) in [5.41, 5.74) is 6.27. The van der Waals surface area contributed by atoms with Crippen molar-refractivity contribution in [2.45, 2.75) is 40.0 Å². The predicted molar refractivity (Wildman–Crippen MR) is 70.8 cm³/mol. The lowest BCUT2D eigenvalue weighted by molar-refractivity contribution is 0.572. The summed E-state index contributed by atoms with van der Waals surface area (Å²) in [6, 6.07) is 1.81. The summed E-state index contributed by atoms with van der Waals surface area (Å²) in [4.78, 5) is 8.69. The second-order valence-electron chi connectivity index (χ2n) is 5.61. The van der Waals surface area contributed by atoms with Gasteiger partial charge in [-0.15, -0.1) is 0 Å². The molecule has 94 valence electrons. The van der Waals surface area contributed by atoms with E-state index in [2.05, 4.69) is 36.1 Å². The molecule has 1 atom stereocenters. The molecule has 1 fully saturated rings. The number of aromatic nitrogens is 2. The van der Waals surface area contributed by atoms with Crippen LogP contribution in [0.15, 0.2) is 6.07 Å². The first-order valence-corrected chi connectivity index (χ1v) is 6.38. The second kappa shape index (κ2) is 4.51. The van der Waals surface area contributed by atoms with Crippen LogP contribution in [0.4, 0.5) is 11.6 Å². The first-order chi connectivity index (χ1) is 8.01. The van der Waals surface area contributed by atoms with Gasteiger partial charge in [-0.25, -0.2) is 9.97 Å². The molecule has 0 amide bonds. The van der Waals surface area contributed by atoms with Crippen molar-refractivity contribution in [1.82, 2.24) is 9.97 Å². The van der Waals surface area contributed by atoms with Gasteiger partial charge in [0.05, 0.1) is 0 Å². The molecule has 0 aromatic carbocycles. The molecule has 0 bridgehead atoms. The highest BCUT2D eigenvalue weighted by Gasteiger charge is 2.44. The molecule has 1 aromatic heterocycles. The van der Waals surface area contributed by atoms with Gasteiger partial charge in [0.1, 0.15) is 17.5 Å². The van der Waals surface area contributed by atoms with E-state index in [0.29, 0.717) is 11.2 Å². The Morgan fingerprint density at radius 3 is 2.76 bits per heavy atom. The van der Waals surface area contributed by atoms with Crippen molar-refractivity contribution < 1.29 is 0 Å². The first kappa shape index (κ1) is 12.1. The fourth-order valence-corrected chi connectivity index (χ4v) is 2.10. The average molecular weight is 234 g/mol. The van der Waals surface area contributed by atoms with E-state index in [0.717, 1.165) is 36.9 Å². The van der Waals surface area contributed by atoms with Gasteiger partial charge in [0.2, 0.25) is 0 Å². The number of nitrogens with two attached hydrogens (primary N) is 1. The first-order valence-electron chi connectivity index (χ1n) is 6.38. The molecule has 1 saturated carbocycles. The summed E-state index contributed by atoms with van der Waals surface area (Å²) in [5.74, 6) is 3.02. The molecule has 4 nitrogen and oxygen atoms in total. The third-order valence-corrected chi connectivity index (χ3v) is 3.51. The molecule has 4 heteroatoms. The van der Waals surface area contributed by atoms with Gasteiger partial charge < -0.3 is 11.1 Å². The molecule has 2 rings (SSSR count). The van der Waals surface area contributed by atoms with Gasteiger partial charge in [0.15, 0.2) is 0 Å². The van der Waals surface area contributed by atoms with Crippen LogP contribution in [0.1, 0.15) is 39.4 Å². The molecule has 1 aliphatic rings. The Bertz CT molecular complexity index is 400. The summed E-state index contributed by atoms with van der Waals surface area (Å²) in [5, 5.41) is 3.37. The zero-order chi connectivity index (χ0) is 12.5. The highest BCUT2D eigenvalue weighted by atomic mass is 15.1. The highest BCUT2D eigenvalue weighted by molar-refractivity contribution is 5.44. The molecule has 0 radical (unpaired) electrons. The van der Waals surface area contributed by atoms with E-state index in [1.54, 1.807) is 0 Å². The van der Waals surface area contributed by atoms with Crippen LogP contribution in [0.5, 0.6) is 0 Å². The minimum atomic E-state index is 0.498. The third-order valence-electron chi connectivity index (χ3n) is 3.51. The Morgan fingerprint density at radius 2 is 2.18 bits per heavy atom. The molecule has 1 unspecified atom stereocenters. The Morgan fingerprint density at radius 1 is 1.47 bits per heavy atom. The summed E-state index contributed by atoms with van der Waals surface area (Å²) in [7, 11) is 0. The van der Waals surface area contributed by atoms with Crippen LogP contribution in [-0.2, 0) is 6.42 Å². The maximum atomic E-state index is 5.77. The van der Waals surface area contributed by atoms with Crippen LogP contribution in [0, 0.1) is 11.3 Å². The predicted octanol–water partition coefficient (Wildman–Crippen LogP) is 2.47. The normalized spacial score (nSPS) is 21.2. The molecule has 3 N–H and O–H groups in total. The monoisotopic (exact) mass is 234 g/mol. The van der Waals surface area contributed by atoms with Crippen LogP contribution in [0.3, 0.4) is 0 Å². The van der Waals surface area contributed by atoms with E-state index in [9.17, 15) is 0 Å². The van der Waals surface area contributed by atoms with Crippen molar-refractivity contribution in [1.29, 1.82) is 0 Å². The number of hydrogen-bond acceptors (Lipinski definition) is 4. The van der Waals surface area contributed by atoms with Crippen LogP contribution < -0.4 is 11.1 Å². The number of anilines is 2. The molecule has 1 aromatic rings. The van der Waals surface area contributed by atoms with Gasteiger partial charge in [-0.1, -0.05) is 20.8 Å². The highest BCUT2D eigenvalue weighted by Crippen LogP contribution is 2.51. The number of nitrogen functional groups attached to an aromatic ring is 1. The van der Waals surface area contributed by atoms with Crippen molar-refractivity contribution >= 4 is 11.6 Å². The van der Waals surface area contributed by atoms with Crippen molar-refractivity contribution in [3.63, 3.8) is 0 Å². The van der Waals surface area contributed by atoms with Crippen molar-refractivity contribution in [3.05, 3.63) is 11.9 Å². The summed E-state index contributed by atoms with van der Waals surface area (Å²) < 4.78 is 0. The van der Waals surface area contributed by atoms with Gasteiger partial charge in [0, 0.05) is 19.0 Å². The van der Waals surface area contributed by atoms with Crippen LogP contribution >= 0.6 is 0 Å². The Hall–Kier alpha value is -1.32. The largest absolute Gasteiger partial charge is 0.384 e. The van der Waals surface area contributed by atoms with E-state index in [1.165, 1.54) is 6.42 Å². The summed E-state index contributed by atoms with van der Waals surface area (Å²) >= 11 is 0. The van der Waals surface area contributed by atoms with E-state index < -0.39 is 0 Å². The molecule has 0 saturated heterocycles. The summed E-state index contributed by atoms with van der Waals surface area (Å²) in [6.45, 7) is 7.70. The zero-order valence-electron chi connectivity index (χ0n) is 11.0. The maximum absolute atomic E-state index is 5.77. The molecule has 0 aliphatic heterocycles. The van der Waals surface area contributed by atoms with Gasteiger partial charge in [0.25, 0.3) is 0 Å². The van der Waals surface area contributed by atoms with E-state index >= 15 is 0 Å². The molecule has 1 aliphatic carbocycles. The van der Waals surface area contributed by atoms with Crippen LogP contribution in [-0.4, -0.2) is 16.5 Å². The number of aryl methyl sites for hydroxylation is 1. The average Bonchev–Trinajstić information content (AvgIpc) is 2.83. The Kier molecular flexibility index (Phi) is 3.22. The lowest BCUT2D eigenvalue weighted by Crippen LogP contribution is -2.10. The van der Waals surface area contributed by atoms with Crippen molar-refractivity contribution in [2.75, 3.05) is 17.6 Å². The Balaban J connectivity index is 1.96. The maximum Gasteiger partial charge on any atom is 0.133 e. The van der Waals surface area contributed by atoms with Crippen molar-refractivity contribution in [3.8, 4) is 0 Å². The van der Waals surface area contributed by atoms with E-state index in [-0.39, 0.29) is 0 Å². The van der Waals surface area contributed by atoms with Gasteiger partial charge >= 0.3 is 0 Å². The van der Waals surface area contributed by atoms with Gasteiger partial charge in [-0.05, 0) is 24.2 Å². The van der Waals surface area contributed by atoms with E-state index in [1.807, 2.05) is 6.07 Å². The third kappa shape index (κ3) is 3.08. The van der Waals surface area contributed by atoms with E-state index in [4.69, 9.17) is 5.73 Å². The van der Waals surface area contributed by atoms with Gasteiger partial charge in [-0.2, -0.15) is 0 Å². The van der Waals surface area contributed by atoms with Crippen molar-refractivity contribution in [2.24, 2.45) is 11.3 Å². The molecular weight excluding hydrogens is 212 g/mol. The molecule has 17 heavy (non-hydrogen) atoms. The smallest absolute Gasteiger partial charge is 0.133 e. The number of nitrogens with zero attached hydrogens (tertiary/aromatic N) is 2. The molecular formula is C13H22N4. The minimum absolute atomic E-state index is 0.498. The van der Waals surface area contributed by atoms with Gasteiger partial charge in [-0.3, -0.25) is 0 Å². The zero-order valence-corrected chi connectivity index (χ0v) is 11.0.